The van der Waals surface area contributed by atoms with Crippen LogP contribution in [0.15, 0.2) is 48.6 Å². The number of fused-ring (bicyclic) bond motifs is 1. The molecule has 3 rings (SSSR count). The smallest absolute Gasteiger partial charge is 0.362 e. The van der Waals surface area contributed by atoms with Crippen LogP contribution in [0, 0.1) is 5.92 Å². The molecule has 5 unspecified atom stereocenters. The zero-order valence-electron chi connectivity index (χ0n) is 27.4. The number of carbonyl (C=O) groups excluding carboxylic acids is 3. The predicted octanol–water partition coefficient (Wildman–Crippen LogP) is 2.94. The van der Waals surface area contributed by atoms with Crippen molar-refractivity contribution in [1.29, 1.82) is 0 Å². The Hall–Kier alpha value is -3.14. The summed E-state index contributed by atoms with van der Waals surface area (Å²) in [4.78, 5) is 38.1. The van der Waals surface area contributed by atoms with Gasteiger partial charge in [-0.05, 0) is 52.5 Å². The van der Waals surface area contributed by atoms with E-state index in [-0.39, 0.29) is 25.4 Å². The fourth-order valence-electron chi connectivity index (χ4n) is 5.00. The largest absolute Gasteiger partial charge is 0.462 e. The van der Waals surface area contributed by atoms with Crippen molar-refractivity contribution in [3.63, 3.8) is 0 Å². The molecule has 0 aromatic heterocycles. The predicted molar refractivity (Wildman–Crippen MR) is 168 cm³/mol. The van der Waals surface area contributed by atoms with Crippen LogP contribution < -0.4 is 10.5 Å². The van der Waals surface area contributed by atoms with Crippen LogP contribution in [0.1, 0.15) is 66.9 Å². The molecular formula is C32H46N2O11S. The first-order chi connectivity index (χ1) is 21.3. The third-order valence-corrected chi connectivity index (χ3v) is 7.71. The molecule has 14 heteroatoms. The number of allylic oxidation sites excluding steroid dienone is 2. The molecule has 2 saturated heterocycles. The number of carbonyl (C=O) groups is 3. The van der Waals surface area contributed by atoms with Gasteiger partial charge in [0.15, 0.2) is 11.3 Å². The van der Waals surface area contributed by atoms with Crippen LogP contribution in [0.25, 0.3) is 6.08 Å². The Morgan fingerprint density at radius 1 is 1.04 bits per heavy atom. The van der Waals surface area contributed by atoms with Crippen molar-refractivity contribution in [2.45, 2.75) is 103 Å². The molecule has 5 atom stereocenters. The van der Waals surface area contributed by atoms with E-state index in [1.807, 2.05) is 36.4 Å². The fraction of sp³-hybridized carbons (Fsp3) is 0.594. The minimum atomic E-state index is -4.74. The summed E-state index contributed by atoms with van der Waals surface area (Å²) in [6, 6.07) is 9.60. The van der Waals surface area contributed by atoms with E-state index in [4.69, 9.17) is 33.6 Å². The summed E-state index contributed by atoms with van der Waals surface area (Å²) in [6.45, 7) is 11.1. The van der Waals surface area contributed by atoms with Crippen LogP contribution in [-0.4, -0.2) is 80.8 Å². The van der Waals surface area contributed by atoms with Crippen molar-refractivity contribution >= 4 is 34.2 Å². The number of hydrogen-bond donors (Lipinski definition) is 2. The Kier molecular flexibility index (Phi) is 12.3. The number of benzene rings is 1. The zero-order chi connectivity index (χ0) is 34.3. The number of esters is 2. The van der Waals surface area contributed by atoms with Gasteiger partial charge in [0.25, 0.3) is 5.91 Å². The molecule has 0 radical (unpaired) electrons. The summed E-state index contributed by atoms with van der Waals surface area (Å²) < 4.78 is 61.0. The van der Waals surface area contributed by atoms with E-state index in [1.165, 1.54) is 6.08 Å². The van der Waals surface area contributed by atoms with Crippen LogP contribution >= 0.6 is 0 Å². The Morgan fingerprint density at radius 3 is 2.28 bits per heavy atom. The van der Waals surface area contributed by atoms with Crippen LogP contribution in [-0.2, 0) is 52.6 Å². The molecule has 1 aromatic rings. The van der Waals surface area contributed by atoms with Gasteiger partial charge in [-0.15, -0.1) is 0 Å². The Bertz CT molecular complexity index is 1390. The van der Waals surface area contributed by atoms with Gasteiger partial charge in [0.2, 0.25) is 0 Å². The lowest BCUT2D eigenvalue weighted by molar-refractivity contribution is -0.191. The summed E-state index contributed by atoms with van der Waals surface area (Å²) >= 11 is 0. The van der Waals surface area contributed by atoms with Crippen LogP contribution in [0.4, 0.5) is 0 Å². The van der Waals surface area contributed by atoms with E-state index < -0.39 is 76.1 Å². The fourth-order valence-corrected chi connectivity index (χ4v) is 5.78. The van der Waals surface area contributed by atoms with E-state index in [9.17, 15) is 22.8 Å². The van der Waals surface area contributed by atoms with Gasteiger partial charge < -0.3 is 29.4 Å². The monoisotopic (exact) mass is 666 g/mol. The maximum atomic E-state index is 13.1. The van der Waals surface area contributed by atoms with E-state index in [0.717, 1.165) is 5.56 Å². The Labute approximate surface area is 271 Å². The van der Waals surface area contributed by atoms with E-state index >= 15 is 0 Å². The molecule has 13 nitrogen and oxygen atoms in total. The zero-order valence-corrected chi connectivity index (χ0v) is 28.2. The Morgan fingerprint density at radius 2 is 1.67 bits per heavy atom. The highest BCUT2D eigenvalue weighted by Gasteiger charge is 2.55. The molecule has 2 aliphatic rings. The molecule has 0 bridgehead atoms. The summed E-state index contributed by atoms with van der Waals surface area (Å²) in [5.41, 5.74) is 3.89. The first kappa shape index (κ1) is 37.3. The molecular weight excluding hydrogens is 620 g/mol. The summed E-state index contributed by atoms with van der Waals surface area (Å²) in [5, 5.41) is 0. The molecule has 1 amide bonds. The first-order valence-corrected chi connectivity index (χ1v) is 16.5. The minimum absolute atomic E-state index is 0.00425. The van der Waals surface area contributed by atoms with E-state index in [1.54, 1.807) is 65.3 Å². The average Bonchev–Trinajstić information content (AvgIpc) is 3.41. The number of rotatable bonds is 14. The van der Waals surface area contributed by atoms with Crippen molar-refractivity contribution in [3.8, 4) is 0 Å². The molecule has 0 spiro atoms. The SMILES string of the molecule is CC(C)CC(N)(C(=O)NS(=O)(=O)OCC1OC(CCOC(=O)C=CC=Cc2ccccc2)C2OC(C)(C)OC12)C(=O)OC(C)(C)C. The van der Waals surface area contributed by atoms with Crippen molar-refractivity contribution in [2.75, 3.05) is 13.2 Å². The van der Waals surface area contributed by atoms with Gasteiger partial charge in [0.1, 0.15) is 23.9 Å². The van der Waals surface area contributed by atoms with E-state index in [2.05, 4.69) is 0 Å². The second-order valence-corrected chi connectivity index (χ2v) is 14.5. The van der Waals surface area contributed by atoms with Crippen LogP contribution in [0.2, 0.25) is 0 Å². The normalized spacial score (nSPS) is 24.2. The topological polar surface area (TPSA) is 179 Å². The molecule has 2 fully saturated rings. The highest BCUT2D eigenvalue weighted by molar-refractivity contribution is 7.85. The molecule has 0 aliphatic carbocycles. The summed E-state index contributed by atoms with van der Waals surface area (Å²) in [6.07, 6.45) is 3.68. The molecule has 256 valence electrons. The molecule has 0 saturated carbocycles. The standard InChI is InChI=1S/C32H46N2O11S/c1-21(2)19-32(33,29(37)45-30(3,4)5)28(36)34-46(38,39)41-20-24-27-26(43-31(6,7)44-27)23(42-24)17-18-40-25(35)16-12-11-15-22-13-9-8-10-14-22/h8-16,21,23-24,26-27H,17-20,33H2,1-7H3,(H,34,36). The number of nitrogens with one attached hydrogen (secondary N) is 1. The van der Waals surface area contributed by atoms with Crippen molar-refractivity contribution < 1.29 is 50.7 Å². The number of nitrogens with two attached hydrogens (primary N) is 1. The van der Waals surface area contributed by atoms with Gasteiger partial charge in [0, 0.05) is 12.5 Å². The van der Waals surface area contributed by atoms with Gasteiger partial charge in [-0.2, -0.15) is 8.42 Å². The molecule has 2 heterocycles. The van der Waals surface area contributed by atoms with Crippen LogP contribution in [0.3, 0.4) is 0 Å². The second kappa shape index (κ2) is 15.2. The highest BCUT2D eigenvalue weighted by atomic mass is 32.2. The van der Waals surface area contributed by atoms with Crippen molar-refractivity contribution in [2.24, 2.45) is 11.7 Å². The number of hydrogen-bond acceptors (Lipinski definition) is 12. The van der Waals surface area contributed by atoms with Gasteiger partial charge in [-0.25, -0.2) is 14.3 Å². The minimum Gasteiger partial charge on any atom is -0.462 e. The van der Waals surface area contributed by atoms with E-state index in [0.29, 0.717) is 0 Å². The van der Waals surface area contributed by atoms with Gasteiger partial charge >= 0.3 is 22.2 Å². The maximum absolute atomic E-state index is 13.1. The first-order valence-electron chi connectivity index (χ1n) is 15.1. The lowest BCUT2D eigenvalue weighted by Gasteiger charge is -2.31. The third kappa shape index (κ3) is 11.0. The maximum Gasteiger partial charge on any atom is 0.362 e. The highest BCUT2D eigenvalue weighted by Crippen LogP contribution is 2.40. The Balaban J connectivity index is 1.57. The number of ether oxygens (including phenoxy) is 5. The van der Waals surface area contributed by atoms with Gasteiger partial charge in [-0.1, -0.05) is 62.4 Å². The van der Waals surface area contributed by atoms with Gasteiger partial charge in [0.05, 0.1) is 19.3 Å². The molecule has 1 aromatic carbocycles. The van der Waals surface area contributed by atoms with Crippen LogP contribution in [0.5, 0.6) is 0 Å². The lowest BCUT2D eigenvalue weighted by atomic mass is 9.89. The quantitative estimate of drug-likeness (QED) is 0.129. The molecule has 3 N–H and O–H groups in total. The second-order valence-electron chi connectivity index (χ2n) is 13.1. The van der Waals surface area contributed by atoms with Crippen molar-refractivity contribution in [1.82, 2.24) is 4.72 Å². The van der Waals surface area contributed by atoms with Crippen molar-refractivity contribution in [3.05, 3.63) is 54.1 Å². The summed E-state index contributed by atoms with van der Waals surface area (Å²) in [5.74, 6) is -4.13. The number of amides is 1. The third-order valence-electron chi connectivity index (χ3n) is 6.83. The average molecular weight is 667 g/mol. The van der Waals surface area contributed by atoms with Gasteiger partial charge in [-0.3, -0.25) is 8.98 Å². The molecule has 46 heavy (non-hydrogen) atoms. The molecule has 2 aliphatic heterocycles. The lowest BCUT2D eigenvalue weighted by Crippen LogP contribution is -2.62. The summed E-state index contributed by atoms with van der Waals surface area (Å²) in [7, 11) is -4.74.